The van der Waals surface area contributed by atoms with Gasteiger partial charge in [-0.3, -0.25) is 0 Å². The fourth-order valence-corrected chi connectivity index (χ4v) is 1.64. The first-order valence-electron chi connectivity index (χ1n) is 4.76. The second-order valence-corrected chi connectivity index (χ2v) is 4.47. The molecule has 0 aromatic carbocycles. The Balaban J connectivity index is 2.85. The molecule has 1 N–H and O–H groups in total. The summed E-state index contributed by atoms with van der Waals surface area (Å²) in [6.07, 6.45) is 5.43. The van der Waals surface area contributed by atoms with E-state index in [1.807, 2.05) is 13.0 Å². The average molecular weight is 268 g/mol. The van der Waals surface area contributed by atoms with Crippen molar-refractivity contribution in [1.29, 1.82) is 0 Å². The molecule has 1 heterocycles. The molecule has 1 aromatic rings. The minimum atomic E-state index is -0.00815. The third kappa shape index (κ3) is 3.52. The largest absolute Gasteiger partial charge is 0.356 e. The standard InChI is InChI=1S/C11H14BrN3/c1-5-9(7(2)3)15-11-6-10(12)13-8(4)14-11/h1,6-7,9H,2-4H3,(H,13,14,15). The lowest BCUT2D eigenvalue weighted by molar-refractivity contribution is 0.612. The van der Waals surface area contributed by atoms with Crippen molar-refractivity contribution < 1.29 is 0 Å². The molecule has 0 saturated heterocycles. The molecule has 3 nitrogen and oxygen atoms in total. The van der Waals surface area contributed by atoms with Crippen molar-refractivity contribution in [2.75, 3.05) is 5.32 Å². The van der Waals surface area contributed by atoms with Gasteiger partial charge in [0.1, 0.15) is 16.2 Å². The van der Waals surface area contributed by atoms with Crippen molar-refractivity contribution in [2.45, 2.75) is 26.8 Å². The quantitative estimate of drug-likeness (QED) is 0.676. The van der Waals surface area contributed by atoms with Crippen molar-refractivity contribution in [1.82, 2.24) is 9.97 Å². The smallest absolute Gasteiger partial charge is 0.131 e. The molecule has 0 saturated carbocycles. The van der Waals surface area contributed by atoms with Crippen molar-refractivity contribution in [3.05, 3.63) is 16.5 Å². The van der Waals surface area contributed by atoms with Crippen LogP contribution in [0.4, 0.5) is 5.82 Å². The summed E-state index contributed by atoms with van der Waals surface area (Å²) in [5, 5.41) is 3.19. The Morgan fingerprint density at radius 2 is 2.13 bits per heavy atom. The molecule has 0 aliphatic carbocycles. The number of hydrogen-bond acceptors (Lipinski definition) is 3. The summed E-state index contributed by atoms with van der Waals surface area (Å²) in [6.45, 7) is 5.98. The topological polar surface area (TPSA) is 37.8 Å². The number of nitrogens with one attached hydrogen (secondary N) is 1. The molecule has 0 aliphatic rings. The highest BCUT2D eigenvalue weighted by Crippen LogP contribution is 2.14. The Kier molecular flexibility index (Phi) is 4.10. The van der Waals surface area contributed by atoms with Crippen LogP contribution in [0.5, 0.6) is 0 Å². The number of halogens is 1. The molecule has 0 amide bonds. The van der Waals surface area contributed by atoms with Crippen molar-refractivity contribution >= 4 is 21.7 Å². The van der Waals surface area contributed by atoms with E-state index in [4.69, 9.17) is 6.42 Å². The van der Waals surface area contributed by atoms with Gasteiger partial charge in [0.25, 0.3) is 0 Å². The highest BCUT2D eigenvalue weighted by molar-refractivity contribution is 9.10. The summed E-state index contributed by atoms with van der Waals surface area (Å²) in [4.78, 5) is 8.38. The molecule has 0 spiro atoms. The fourth-order valence-electron chi connectivity index (χ4n) is 1.17. The molecule has 0 bridgehead atoms. The molecule has 1 atom stereocenters. The van der Waals surface area contributed by atoms with Crippen LogP contribution in [-0.2, 0) is 0 Å². The maximum absolute atomic E-state index is 5.43. The van der Waals surface area contributed by atoms with E-state index in [0.717, 1.165) is 10.4 Å². The van der Waals surface area contributed by atoms with Crippen LogP contribution in [0, 0.1) is 25.2 Å². The van der Waals surface area contributed by atoms with Gasteiger partial charge in [-0.2, -0.15) is 0 Å². The molecule has 1 unspecified atom stereocenters. The molecule has 0 aliphatic heterocycles. The Labute approximate surface area is 98.8 Å². The van der Waals surface area contributed by atoms with Crippen LogP contribution >= 0.6 is 15.9 Å². The van der Waals surface area contributed by atoms with Gasteiger partial charge in [-0.1, -0.05) is 19.8 Å². The first-order valence-corrected chi connectivity index (χ1v) is 5.56. The molecule has 0 radical (unpaired) electrons. The first-order chi connectivity index (χ1) is 7.02. The number of aryl methyl sites for hydroxylation is 1. The van der Waals surface area contributed by atoms with E-state index in [1.165, 1.54) is 0 Å². The zero-order chi connectivity index (χ0) is 11.4. The average Bonchev–Trinajstić information content (AvgIpc) is 2.12. The number of nitrogens with zero attached hydrogens (tertiary/aromatic N) is 2. The minimum Gasteiger partial charge on any atom is -0.356 e. The van der Waals surface area contributed by atoms with Crippen molar-refractivity contribution in [2.24, 2.45) is 5.92 Å². The van der Waals surface area contributed by atoms with Crippen LogP contribution in [0.2, 0.25) is 0 Å². The van der Waals surface area contributed by atoms with Crippen LogP contribution in [0.15, 0.2) is 10.7 Å². The monoisotopic (exact) mass is 267 g/mol. The number of terminal acetylenes is 1. The highest BCUT2D eigenvalue weighted by atomic mass is 79.9. The lowest BCUT2D eigenvalue weighted by atomic mass is 10.1. The van der Waals surface area contributed by atoms with Crippen LogP contribution in [-0.4, -0.2) is 16.0 Å². The molecule has 0 fully saturated rings. The first kappa shape index (κ1) is 12.0. The molecular formula is C11H14BrN3. The maximum Gasteiger partial charge on any atom is 0.131 e. The van der Waals surface area contributed by atoms with Gasteiger partial charge in [-0.15, -0.1) is 6.42 Å². The van der Waals surface area contributed by atoms with E-state index < -0.39 is 0 Å². The van der Waals surface area contributed by atoms with Gasteiger partial charge in [0.2, 0.25) is 0 Å². The zero-order valence-electron chi connectivity index (χ0n) is 9.08. The van der Waals surface area contributed by atoms with Crippen LogP contribution < -0.4 is 5.32 Å². The van der Waals surface area contributed by atoms with Gasteiger partial charge < -0.3 is 5.32 Å². The summed E-state index contributed by atoms with van der Waals surface area (Å²) < 4.78 is 0.761. The Bertz CT molecular complexity index is 362. The molecule has 4 heteroatoms. The number of rotatable bonds is 3. The number of anilines is 1. The summed E-state index contributed by atoms with van der Waals surface area (Å²) in [7, 11) is 0. The highest BCUT2D eigenvalue weighted by Gasteiger charge is 2.10. The summed E-state index contributed by atoms with van der Waals surface area (Å²) >= 11 is 3.32. The van der Waals surface area contributed by atoms with E-state index in [1.54, 1.807) is 0 Å². The molecule has 80 valence electrons. The summed E-state index contributed by atoms with van der Waals surface area (Å²) in [6, 6.07) is 1.81. The predicted molar refractivity (Wildman–Crippen MR) is 65.6 cm³/mol. The third-order valence-corrected chi connectivity index (χ3v) is 2.36. The van der Waals surface area contributed by atoms with E-state index in [0.29, 0.717) is 11.7 Å². The Morgan fingerprint density at radius 1 is 1.47 bits per heavy atom. The lowest BCUT2D eigenvalue weighted by Crippen LogP contribution is -2.24. The fraction of sp³-hybridized carbons (Fsp3) is 0.455. The predicted octanol–water partition coefficient (Wildman–Crippen LogP) is 2.62. The Morgan fingerprint density at radius 3 is 2.60 bits per heavy atom. The second-order valence-electron chi connectivity index (χ2n) is 3.66. The van der Waals surface area contributed by atoms with E-state index in [2.05, 4.69) is 51.0 Å². The van der Waals surface area contributed by atoms with Gasteiger partial charge in [0.15, 0.2) is 0 Å². The van der Waals surface area contributed by atoms with Crippen molar-refractivity contribution in [3.8, 4) is 12.3 Å². The van der Waals surface area contributed by atoms with Crippen LogP contribution in [0.25, 0.3) is 0 Å². The van der Waals surface area contributed by atoms with Gasteiger partial charge in [0.05, 0.1) is 6.04 Å². The van der Waals surface area contributed by atoms with Gasteiger partial charge in [-0.25, -0.2) is 9.97 Å². The SMILES string of the molecule is C#CC(Nc1cc(Br)nc(C)n1)C(C)C. The number of hydrogen-bond donors (Lipinski definition) is 1. The molecular weight excluding hydrogens is 254 g/mol. The van der Waals surface area contributed by atoms with E-state index >= 15 is 0 Å². The normalized spacial score (nSPS) is 12.3. The van der Waals surface area contributed by atoms with Gasteiger partial charge in [-0.05, 0) is 28.8 Å². The number of aromatic nitrogens is 2. The molecule has 1 aromatic heterocycles. The molecule has 15 heavy (non-hydrogen) atoms. The molecule has 1 rings (SSSR count). The lowest BCUT2D eigenvalue weighted by Gasteiger charge is -2.17. The van der Waals surface area contributed by atoms with E-state index in [9.17, 15) is 0 Å². The zero-order valence-corrected chi connectivity index (χ0v) is 10.7. The van der Waals surface area contributed by atoms with Gasteiger partial charge in [0, 0.05) is 6.07 Å². The van der Waals surface area contributed by atoms with Gasteiger partial charge >= 0.3 is 0 Å². The summed E-state index contributed by atoms with van der Waals surface area (Å²) in [5.41, 5.74) is 0. The third-order valence-electron chi connectivity index (χ3n) is 1.96. The van der Waals surface area contributed by atoms with Crippen LogP contribution in [0.3, 0.4) is 0 Å². The summed E-state index contributed by atoms with van der Waals surface area (Å²) in [5.74, 6) is 4.54. The maximum atomic E-state index is 5.43. The Hall–Kier alpha value is -1.08. The van der Waals surface area contributed by atoms with Crippen molar-refractivity contribution in [3.63, 3.8) is 0 Å². The van der Waals surface area contributed by atoms with E-state index in [-0.39, 0.29) is 6.04 Å². The minimum absolute atomic E-state index is 0.00815. The second kappa shape index (κ2) is 5.13. The van der Waals surface area contributed by atoms with Crippen LogP contribution in [0.1, 0.15) is 19.7 Å².